The third kappa shape index (κ3) is 5.11. The Morgan fingerprint density at radius 2 is 1.81 bits per heavy atom. The minimum absolute atomic E-state index is 0.0896. The van der Waals surface area contributed by atoms with Crippen LogP contribution in [0.25, 0.3) is 0 Å². The Morgan fingerprint density at radius 3 is 2.29 bits per heavy atom. The van der Waals surface area contributed by atoms with Crippen molar-refractivity contribution in [1.82, 2.24) is 9.62 Å². The average Bonchev–Trinajstić information content (AvgIpc) is 2.32. The van der Waals surface area contributed by atoms with Crippen LogP contribution in [0.15, 0.2) is 23.1 Å². The van der Waals surface area contributed by atoms with Gasteiger partial charge in [0.05, 0.1) is 5.02 Å². The molecule has 0 amide bonds. The molecule has 0 aliphatic heterocycles. The molecule has 0 aliphatic rings. The quantitative estimate of drug-likeness (QED) is 0.817. The van der Waals surface area contributed by atoms with Gasteiger partial charge in [-0.25, -0.2) is 8.42 Å². The second-order valence-corrected chi connectivity index (χ2v) is 8.10. The first-order valence-electron chi connectivity index (χ1n) is 6.86. The van der Waals surface area contributed by atoms with Gasteiger partial charge in [-0.05, 0) is 32.0 Å². The van der Waals surface area contributed by atoms with E-state index in [2.05, 4.69) is 5.32 Å². The maximum absolute atomic E-state index is 12.8. The van der Waals surface area contributed by atoms with Crippen LogP contribution in [-0.4, -0.2) is 37.9 Å². The van der Waals surface area contributed by atoms with Crippen molar-refractivity contribution in [3.63, 3.8) is 0 Å². The van der Waals surface area contributed by atoms with Gasteiger partial charge >= 0.3 is 0 Å². The predicted octanol–water partition coefficient (Wildman–Crippen LogP) is 3.39. The van der Waals surface area contributed by atoms with E-state index in [-0.39, 0.29) is 16.0 Å². The molecule has 0 saturated heterocycles. The van der Waals surface area contributed by atoms with Gasteiger partial charge in [0.15, 0.2) is 0 Å². The highest BCUT2D eigenvalue weighted by atomic mass is 35.5. The van der Waals surface area contributed by atoms with Crippen LogP contribution in [0.3, 0.4) is 0 Å². The van der Waals surface area contributed by atoms with E-state index in [1.54, 1.807) is 0 Å². The van der Waals surface area contributed by atoms with Crippen LogP contribution >= 0.6 is 23.2 Å². The fourth-order valence-corrected chi connectivity index (χ4v) is 4.32. The zero-order valence-electron chi connectivity index (χ0n) is 12.7. The normalized spacial score (nSPS) is 12.6. The van der Waals surface area contributed by atoms with Gasteiger partial charge in [0.2, 0.25) is 10.0 Å². The molecule has 0 aliphatic carbocycles. The molecule has 0 unspecified atom stereocenters. The molecule has 0 fully saturated rings. The summed E-state index contributed by atoms with van der Waals surface area (Å²) >= 11 is 11.9. The van der Waals surface area contributed by atoms with E-state index in [1.165, 1.54) is 22.5 Å². The first kappa shape index (κ1) is 18.7. The molecule has 7 heteroatoms. The van der Waals surface area contributed by atoms with Gasteiger partial charge in [0, 0.05) is 30.2 Å². The van der Waals surface area contributed by atoms with E-state index in [0.717, 1.165) is 0 Å². The zero-order chi connectivity index (χ0) is 16.2. The Bertz CT molecular complexity index is 574. The molecular formula is C14H22Cl2N2O2S. The summed E-state index contributed by atoms with van der Waals surface area (Å²) in [5.41, 5.74) is 0. The largest absolute Gasteiger partial charge is 0.313 e. The number of sulfonamides is 1. The van der Waals surface area contributed by atoms with Crippen LogP contribution in [-0.2, 0) is 10.0 Å². The Morgan fingerprint density at radius 1 is 1.19 bits per heavy atom. The molecule has 0 radical (unpaired) electrons. The van der Waals surface area contributed by atoms with E-state index in [4.69, 9.17) is 23.2 Å². The number of benzene rings is 1. The molecule has 0 bridgehead atoms. The van der Waals surface area contributed by atoms with Crippen LogP contribution in [0.2, 0.25) is 10.0 Å². The third-order valence-electron chi connectivity index (χ3n) is 2.94. The fraction of sp³-hybridized carbons (Fsp3) is 0.571. The molecule has 1 aromatic carbocycles. The van der Waals surface area contributed by atoms with Crippen LogP contribution in [0.5, 0.6) is 0 Å². The number of halogens is 2. The maximum atomic E-state index is 12.8. The maximum Gasteiger partial charge on any atom is 0.244 e. The van der Waals surface area contributed by atoms with Gasteiger partial charge < -0.3 is 5.32 Å². The Hall–Kier alpha value is -0.330. The minimum atomic E-state index is -3.64. The monoisotopic (exact) mass is 352 g/mol. The van der Waals surface area contributed by atoms with Crippen LogP contribution in [0.1, 0.15) is 27.7 Å². The molecule has 4 nitrogen and oxygen atoms in total. The summed E-state index contributed by atoms with van der Waals surface area (Å²) in [7, 11) is -3.64. The molecule has 1 rings (SSSR count). The molecule has 0 heterocycles. The summed E-state index contributed by atoms with van der Waals surface area (Å²) < 4.78 is 26.9. The highest BCUT2D eigenvalue weighted by molar-refractivity contribution is 7.89. The lowest BCUT2D eigenvalue weighted by molar-refractivity contribution is 0.346. The van der Waals surface area contributed by atoms with Crippen molar-refractivity contribution >= 4 is 33.2 Å². The molecule has 0 saturated carbocycles. The van der Waals surface area contributed by atoms with Gasteiger partial charge in [-0.1, -0.05) is 37.0 Å². The van der Waals surface area contributed by atoms with E-state index in [1.807, 2.05) is 27.7 Å². The summed E-state index contributed by atoms with van der Waals surface area (Å²) in [6.45, 7) is 8.69. The van der Waals surface area contributed by atoms with Gasteiger partial charge in [-0.3, -0.25) is 0 Å². The average molecular weight is 353 g/mol. The molecular weight excluding hydrogens is 331 g/mol. The number of nitrogens with one attached hydrogen (secondary N) is 1. The van der Waals surface area contributed by atoms with Gasteiger partial charge in [0.25, 0.3) is 0 Å². The molecule has 0 spiro atoms. The third-order valence-corrected chi connectivity index (χ3v) is 5.73. The zero-order valence-corrected chi connectivity index (χ0v) is 15.1. The summed E-state index contributed by atoms with van der Waals surface area (Å²) in [6, 6.07) is 4.58. The van der Waals surface area contributed by atoms with Gasteiger partial charge in [-0.15, -0.1) is 0 Å². The Balaban J connectivity index is 3.04. The lowest BCUT2D eigenvalue weighted by Gasteiger charge is -2.27. The summed E-state index contributed by atoms with van der Waals surface area (Å²) in [6.07, 6.45) is 0. The van der Waals surface area contributed by atoms with Gasteiger partial charge in [0.1, 0.15) is 4.90 Å². The SMILES string of the molecule is CC(C)NCCN(C(C)C)S(=O)(=O)c1ccc(Cl)cc1Cl. The number of rotatable bonds is 7. The predicted molar refractivity (Wildman–Crippen MR) is 88.6 cm³/mol. The Kier molecular flexibility index (Phi) is 6.94. The second kappa shape index (κ2) is 7.79. The highest BCUT2D eigenvalue weighted by Gasteiger charge is 2.28. The van der Waals surface area contributed by atoms with Crippen LogP contribution < -0.4 is 5.32 Å². The molecule has 0 atom stereocenters. The topological polar surface area (TPSA) is 49.4 Å². The van der Waals surface area contributed by atoms with Crippen molar-refractivity contribution in [2.45, 2.75) is 44.7 Å². The van der Waals surface area contributed by atoms with E-state index >= 15 is 0 Å². The fourth-order valence-electron chi connectivity index (χ4n) is 1.93. The van der Waals surface area contributed by atoms with Crippen molar-refractivity contribution < 1.29 is 8.42 Å². The van der Waals surface area contributed by atoms with Crippen molar-refractivity contribution in [2.24, 2.45) is 0 Å². The first-order valence-corrected chi connectivity index (χ1v) is 9.06. The van der Waals surface area contributed by atoms with E-state index in [9.17, 15) is 8.42 Å². The van der Waals surface area contributed by atoms with Crippen molar-refractivity contribution in [3.8, 4) is 0 Å². The minimum Gasteiger partial charge on any atom is -0.313 e. The summed E-state index contributed by atoms with van der Waals surface area (Å²) in [5.74, 6) is 0. The Labute approximate surface area is 137 Å². The number of hydrogen-bond donors (Lipinski definition) is 1. The first-order chi connectivity index (χ1) is 9.66. The van der Waals surface area contributed by atoms with Crippen LogP contribution in [0.4, 0.5) is 0 Å². The number of hydrogen-bond acceptors (Lipinski definition) is 3. The van der Waals surface area contributed by atoms with E-state index in [0.29, 0.717) is 24.2 Å². The molecule has 0 aromatic heterocycles. The van der Waals surface area contributed by atoms with Crippen molar-refractivity contribution in [3.05, 3.63) is 28.2 Å². The van der Waals surface area contributed by atoms with Crippen molar-refractivity contribution in [2.75, 3.05) is 13.1 Å². The van der Waals surface area contributed by atoms with Crippen molar-refractivity contribution in [1.29, 1.82) is 0 Å². The lowest BCUT2D eigenvalue weighted by Crippen LogP contribution is -2.42. The van der Waals surface area contributed by atoms with Gasteiger partial charge in [-0.2, -0.15) is 4.31 Å². The number of nitrogens with zero attached hydrogens (tertiary/aromatic N) is 1. The molecule has 1 N–H and O–H groups in total. The molecule has 21 heavy (non-hydrogen) atoms. The summed E-state index contributed by atoms with van der Waals surface area (Å²) in [4.78, 5) is 0.0896. The summed E-state index contributed by atoms with van der Waals surface area (Å²) in [5, 5.41) is 3.77. The smallest absolute Gasteiger partial charge is 0.244 e. The second-order valence-electron chi connectivity index (χ2n) is 5.39. The molecule has 1 aromatic rings. The van der Waals surface area contributed by atoms with Crippen LogP contribution in [0, 0.1) is 0 Å². The molecule has 120 valence electrons. The lowest BCUT2D eigenvalue weighted by atomic mass is 10.3. The van der Waals surface area contributed by atoms with E-state index < -0.39 is 10.0 Å². The standard InChI is InChI=1S/C14H22Cl2N2O2S/c1-10(2)17-7-8-18(11(3)4)21(19,20)14-6-5-12(15)9-13(14)16/h5-6,9-11,17H,7-8H2,1-4H3. The highest BCUT2D eigenvalue weighted by Crippen LogP contribution is 2.28.